The average molecular weight is 392 g/mol. The number of hydrogen-bond acceptors (Lipinski definition) is 1. The molecule has 0 aliphatic carbocycles. The van der Waals surface area contributed by atoms with E-state index in [1.54, 1.807) is 6.07 Å². The Morgan fingerprint density at radius 2 is 1.33 bits per heavy atom. The van der Waals surface area contributed by atoms with E-state index in [0.29, 0.717) is 18.5 Å². The van der Waals surface area contributed by atoms with Crippen LogP contribution >= 0.6 is 0 Å². The summed E-state index contributed by atoms with van der Waals surface area (Å²) >= 11 is 0. The Morgan fingerprint density at radius 1 is 0.667 bits per heavy atom. The molecule has 0 spiro atoms. The van der Waals surface area contributed by atoms with E-state index in [-0.39, 0.29) is 5.82 Å². The van der Waals surface area contributed by atoms with Crippen molar-refractivity contribution in [2.45, 2.75) is 13.0 Å². The predicted octanol–water partition coefficient (Wildman–Crippen LogP) is 6.48. The van der Waals surface area contributed by atoms with Gasteiger partial charge in [0.2, 0.25) is 0 Å². The summed E-state index contributed by atoms with van der Waals surface area (Å²) in [5.74, 6) is 0.750. The highest BCUT2D eigenvalue weighted by Crippen LogP contribution is 2.23. The minimum absolute atomic E-state index is 0.187. The fraction of sp³-hybridized carbons (Fsp3) is 0.0741. The molecule has 1 heterocycles. The van der Waals surface area contributed by atoms with E-state index in [2.05, 4.69) is 41.0 Å². The van der Waals surface area contributed by atoms with Gasteiger partial charge in [-0.2, -0.15) is 0 Å². The SMILES string of the molecule is Fc1ccccc1Cn1c(Cc2ccc(-c3ccccc3)cc2)nc2ccccc21. The molecule has 0 radical (unpaired) electrons. The highest BCUT2D eigenvalue weighted by molar-refractivity contribution is 5.76. The molecule has 4 aromatic carbocycles. The quantitative estimate of drug-likeness (QED) is 0.335. The Kier molecular flexibility index (Phi) is 4.86. The van der Waals surface area contributed by atoms with E-state index in [9.17, 15) is 4.39 Å². The first-order valence-corrected chi connectivity index (χ1v) is 10.1. The molecular formula is C27H21FN2. The molecule has 2 nitrogen and oxygen atoms in total. The second-order valence-electron chi connectivity index (χ2n) is 7.43. The fourth-order valence-corrected chi connectivity index (χ4v) is 3.86. The van der Waals surface area contributed by atoms with Gasteiger partial charge in [0, 0.05) is 12.0 Å². The van der Waals surface area contributed by atoms with Crippen molar-refractivity contribution >= 4 is 11.0 Å². The summed E-state index contributed by atoms with van der Waals surface area (Å²) in [6.45, 7) is 0.463. The van der Waals surface area contributed by atoms with Crippen LogP contribution in [0.15, 0.2) is 103 Å². The summed E-state index contributed by atoms with van der Waals surface area (Å²) in [4.78, 5) is 4.85. The van der Waals surface area contributed by atoms with Gasteiger partial charge in [-0.25, -0.2) is 9.37 Å². The molecule has 30 heavy (non-hydrogen) atoms. The molecule has 0 unspecified atom stereocenters. The molecule has 0 atom stereocenters. The lowest BCUT2D eigenvalue weighted by molar-refractivity contribution is 0.598. The third-order valence-electron chi connectivity index (χ3n) is 5.44. The standard InChI is InChI=1S/C27H21FN2/c28-24-11-5-4-10-23(24)19-30-26-13-7-6-12-25(26)29-27(30)18-20-14-16-22(17-15-20)21-8-2-1-3-9-21/h1-17H,18-19H2. The zero-order valence-corrected chi connectivity index (χ0v) is 16.5. The van der Waals surface area contributed by atoms with Gasteiger partial charge in [-0.3, -0.25) is 0 Å². The van der Waals surface area contributed by atoms with Crippen molar-refractivity contribution in [3.8, 4) is 11.1 Å². The molecule has 3 heteroatoms. The number of aromatic nitrogens is 2. The first-order chi connectivity index (χ1) is 14.8. The highest BCUT2D eigenvalue weighted by atomic mass is 19.1. The van der Waals surface area contributed by atoms with Gasteiger partial charge >= 0.3 is 0 Å². The summed E-state index contributed by atoms with van der Waals surface area (Å²) in [5.41, 5.74) is 6.21. The number of rotatable bonds is 5. The second kappa shape index (κ2) is 7.96. The lowest BCUT2D eigenvalue weighted by atomic mass is 10.0. The van der Waals surface area contributed by atoms with Crippen molar-refractivity contribution in [1.29, 1.82) is 0 Å². The molecule has 146 valence electrons. The highest BCUT2D eigenvalue weighted by Gasteiger charge is 2.13. The maximum Gasteiger partial charge on any atom is 0.128 e. The van der Waals surface area contributed by atoms with Crippen molar-refractivity contribution in [2.75, 3.05) is 0 Å². The monoisotopic (exact) mass is 392 g/mol. The molecule has 0 bridgehead atoms. The fourth-order valence-electron chi connectivity index (χ4n) is 3.86. The first-order valence-electron chi connectivity index (χ1n) is 10.1. The molecule has 0 N–H and O–H groups in total. The number of halogens is 1. The molecule has 0 amide bonds. The summed E-state index contributed by atoms with van der Waals surface area (Å²) in [6, 6.07) is 33.9. The number of nitrogens with zero attached hydrogens (tertiary/aromatic N) is 2. The molecule has 5 aromatic rings. The van der Waals surface area contributed by atoms with E-state index in [1.807, 2.05) is 54.6 Å². The van der Waals surface area contributed by atoms with Gasteiger partial charge in [0.15, 0.2) is 0 Å². The Labute approximate surface area is 175 Å². The van der Waals surface area contributed by atoms with Crippen LogP contribution in [0.1, 0.15) is 17.0 Å². The molecule has 0 aliphatic rings. The summed E-state index contributed by atoms with van der Waals surface area (Å²) < 4.78 is 16.4. The van der Waals surface area contributed by atoms with Crippen LogP contribution in [0.25, 0.3) is 22.2 Å². The van der Waals surface area contributed by atoms with Crippen LogP contribution < -0.4 is 0 Å². The van der Waals surface area contributed by atoms with Gasteiger partial charge in [0.1, 0.15) is 11.6 Å². The van der Waals surface area contributed by atoms with E-state index < -0.39 is 0 Å². The van der Waals surface area contributed by atoms with Crippen LogP contribution in [-0.4, -0.2) is 9.55 Å². The Bertz CT molecular complexity index is 1290. The van der Waals surface area contributed by atoms with E-state index in [1.165, 1.54) is 22.8 Å². The van der Waals surface area contributed by atoms with Gasteiger partial charge in [0.25, 0.3) is 0 Å². The van der Waals surface area contributed by atoms with Gasteiger partial charge in [0.05, 0.1) is 17.6 Å². The third kappa shape index (κ3) is 3.62. The number of para-hydroxylation sites is 2. The Hall–Kier alpha value is -3.72. The lowest BCUT2D eigenvalue weighted by Crippen LogP contribution is -2.07. The lowest BCUT2D eigenvalue weighted by Gasteiger charge is -2.11. The summed E-state index contributed by atoms with van der Waals surface area (Å²) in [7, 11) is 0. The van der Waals surface area contributed by atoms with E-state index in [4.69, 9.17) is 4.98 Å². The molecule has 0 saturated carbocycles. The van der Waals surface area contributed by atoms with Crippen LogP contribution in [0, 0.1) is 5.82 Å². The van der Waals surface area contributed by atoms with Crippen molar-refractivity contribution in [3.05, 3.63) is 126 Å². The van der Waals surface area contributed by atoms with Crippen LogP contribution in [-0.2, 0) is 13.0 Å². The average Bonchev–Trinajstić information content (AvgIpc) is 3.13. The third-order valence-corrected chi connectivity index (χ3v) is 5.44. The minimum atomic E-state index is -0.187. The van der Waals surface area contributed by atoms with Crippen LogP contribution in [0.5, 0.6) is 0 Å². The van der Waals surface area contributed by atoms with Crippen LogP contribution in [0.2, 0.25) is 0 Å². The molecule has 1 aromatic heterocycles. The predicted molar refractivity (Wildman–Crippen MR) is 120 cm³/mol. The molecule has 0 aliphatic heterocycles. The zero-order valence-electron chi connectivity index (χ0n) is 16.5. The molecule has 0 saturated heterocycles. The second-order valence-corrected chi connectivity index (χ2v) is 7.43. The molecular weight excluding hydrogens is 371 g/mol. The van der Waals surface area contributed by atoms with E-state index in [0.717, 1.165) is 16.9 Å². The summed E-state index contributed by atoms with van der Waals surface area (Å²) in [6.07, 6.45) is 0.693. The number of imidazole rings is 1. The normalized spacial score (nSPS) is 11.1. The summed E-state index contributed by atoms with van der Waals surface area (Å²) in [5, 5.41) is 0. The van der Waals surface area contributed by atoms with Gasteiger partial charge in [-0.05, 0) is 34.9 Å². The Morgan fingerprint density at radius 3 is 2.13 bits per heavy atom. The number of hydrogen-bond donors (Lipinski definition) is 0. The van der Waals surface area contributed by atoms with E-state index >= 15 is 0 Å². The van der Waals surface area contributed by atoms with Crippen LogP contribution in [0.4, 0.5) is 4.39 Å². The van der Waals surface area contributed by atoms with Crippen molar-refractivity contribution in [3.63, 3.8) is 0 Å². The molecule has 5 rings (SSSR count). The van der Waals surface area contributed by atoms with Crippen LogP contribution in [0.3, 0.4) is 0 Å². The topological polar surface area (TPSA) is 17.8 Å². The van der Waals surface area contributed by atoms with Gasteiger partial charge in [-0.15, -0.1) is 0 Å². The van der Waals surface area contributed by atoms with Crippen molar-refractivity contribution in [1.82, 2.24) is 9.55 Å². The molecule has 0 fully saturated rings. The maximum atomic E-state index is 14.3. The largest absolute Gasteiger partial charge is 0.323 e. The number of benzene rings is 4. The maximum absolute atomic E-state index is 14.3. The zero-order chi connectivity index (χ0) is 20.3. The number of fused-ring (bicyclic) bond motifs is 1. The van der Waals surface area contributed by atoms with Gasteiger partial charge < -0.3 is 4.57 Å². The van der Waals surface area contributed by atoms with Gasteiger partial charge in [-0.1, -0.05) is 84.9 Å². The Balaban J connectivity index is 1.49. The first kappa shape index (κ1) is 18.3. The van der Waals surface area contributed by atoms with Crippen molar-refractivity contribution < 1.29 is 4.39 Å². The minimum Gasteiger partial charge on any atom is -0.323 e. The van der Waals surface area contributed by atoms with Crippen molar-refractivity contribution in [2.24, 2.45) is 0 Å². The smallest absolute Gasteiger partial charge is 0.128 e.